The molecule has 2 atom stereocenters. The summed E-state index contributed by atoms with van der Waals surface area (Å²) in [6, 6.07) is 0. The number of Topliss-reactive ketones (excluding diaryl/α,β-unsaturated/α-hetero) is 1. The first kappa shape index (κ1) is 15.4. The van der Waals surface area contributed by atoms with E-state index in [9.17, 15) is 9.59 Å². The van der Waals surface area contributed by atoms with Crippen molar-refractivity contribution in [3.8, 4) is 0 Å². The first-order chi connectivity index (χ1) is 10.3. The molecule has 3 rings (SSSR count). The van der Waals surface area contributed by atoms with Crippen LogP contribution in [0.1, 0.15) is 53.4 Å². The van der Waals surface area contributed by atoms with Gasteiger partial charge >= 0.3 is 5.97 Å². The van der Waals surface area contributed by atoms with Crippen molar-refractivity contribution >= 4 is 17.5 Å². The van der Waals surface area contributed by atoms with Gasteiger partial charge in [0.2, 0.25) is 0 Å². The maximum absolute atomic E-state index is 12.8. The van der Waals surface area contributed by atoms with Gasteiger partial charge in [-0.15, -0.1) is 0 Å². The monoisotopic (exact) mass is 303 g/mol. The number of hydrogen-bond donors (Lipinski definition) is 0. The Morgan fingerprint density at radius 1 is 1.32 bits per heavy atom. The number of allylic oxidation sites excluding steroid dienone is 1. The van der Waals surface area contributed by atoms with E-state index in [4.69, 9.17) is 4.74 Å². The molecule has 0 aromatic heterocycles. The summed E-state index contributed by atoms with van der Waals surface area (Å²) in [6.07, 6.45) is 3.62. The van der Waals surface area contributed by atoms with Crippen LogP contribution in [-0.2, 0) is 14.3 Å². The zero-order valence-electron chi connectivity index (χ0n) is 13.9. The number of ether oxygens (including phenoxy) is 1. The van der Waals surface area contributed by atoms with Gasteiger partial charge in [-0.05, 0) is 44.4 Å². The fraction of sp³-hybridized carbons (Fsp3) is 0.722. The summed E-state index contributed by atoms with van der Waals surface area (Å²) < 4.78 is 5.24. The zero-order valence-corrected chi connectivity index (χ0v) is 13.9. The second-order valence-corrected chi connectivity index (χ2v) is 7.65. The van der Waals surface area contributed by atoms with Crippen LogP contribution in [0.4, 0.5) is 0 Å². The quantitative estimate of drug-likeness (QED) is 0.752. The molecule has 0 spiro atoms. The van der Waals surface area contributed by atoms with Crippen LogP contribution in [0.5, 0.6) is 0 Å². The third kappa shape index (κ3) is 2.64. The SMILES string of the molecule is CCOC(=O)C1=C(C)N=C2CC(C)(C)CC(=O)C2C1C1CC1. The topological polar surface area (TPSA) is 55.7 Å². The number of ketones is 1. The summed E-state index contributed by atoms with van der Waals surface area (Å²) in [5.41, 5.74) is 2.38. The van der Waals surface area contributed by atoms with Crippen molar-refractivity contribution in [2.24, 2.45) is 28.2 Å². The van der Waals surface area contributed by atoms with Gasteiger partial charge in [-0.2, -0.15) is 0 Å². The maximum Gasteiger partial charge on any atom is 0.336 e. The number of rotatable bonds is 3. The highest BCUT2D eigenvalue weighted by atomic mass is 16.5. The predicted octanol–water partition coefficient (Wildman–Crippen LogP) is 3.31. The lowest BCUT2D eigenvalue weighted by Gasteiger charge is -2.41. The van der Waals surface area contributed by atoms with Crippen LogP contribution in [-0.4, -0.2) is 24.1 Å². The predicted molar refractivity (Wildman–Crippen MR) is 84.5 cm³/mol. The zero-order chi connectivity index (χ0) is 16.1. The Balaban J connectivity index is 2.03. The van der Waals surface area contributed by atoms with Crippen molar-refractivity contribution in [1.82, 2.24) is 0 Å². The summed E-state index contributed by atoms with van der Waals surface area (Å²) in [5, 5.41) is 0. The van der Waals surface area contributed by atoms with Crippen molar-refractivity contribution in [2.75, 3.05) is 6.61 Å². The number of hydrogen-bond acceptors (Lipinski definition) is 4. The van der Waals surface area contributed by atoms with Gasteiger partial charge in [0, 0.05) is 23.7 Å². The molecule has 22 heavy (non-hydrogen) atoms. The van der Waals surface area contributed by atoms with E-state index in [0.717, 1.165) is 30.7 Å². The smallest absolute Gasteiger partial charge is 0.336 e. The molecule has 2 unspecified atom stereocenters. The van der Waals surface area contributed by atoms with Crippen LogP contribution in [0, 0.1) is 23.2 Å². The second-order valence-electron chi connectivity index (χ2n) is 7.65. The minimum absolute atomic E-state index is 0.00449. The third-order valence-corrected chi connectivity index (χ3v) is 5.04. The molecule has 0 amide bonds. The van der Waals surface area contributed by atoms with E-state index in [1.165, 1.54) is 0 Å². The minimum Gasteiger partial charge on any atom is -0.463 e. The Labute approximate surface area is 132 Å². The van der Waals surface area contributed by atoms with Crippen LogP contribution < -0.4 is 0 Å². The number of fused-ring (bicyclic) bond motifs is 1. The minimum atomic E-state index is -0.280. The molecular weight excluding hydrogens is 278 g/mol. The molecule has 2 saturated carbocycles. The first-order valence-electron chi connectivity index (χ1n) is 8.32. The van der Waals surface area contributed by atoms with Crippen molar-refractivity contribution < 1.29 is 14.3 Å². The molecule has 1 heterocycles. The van der Waals surface area contributed by atoms with Crippen LogP contribution >= 0.6 is 0 Å². The summed E-state index contributed by atoms with van der Waals surface area (Å²) >= 11 is 0. The number of carbonyl (C=O) groups is 2. The van der Waals surface area contributed by atoms with Crippen LogP contribution in [0.25, 0.3) is 0 Å². The van der Waals surface area contributed by atoms with Crippen molar-refractivity contribution in [3.63, 3.8) is 0 Å². The van der Waals surface area contributed by atoms with Gasteiger partial charge in [-0.1, -0.05) is 13.8 Å². The highest BCUT2D eigenvalue weighted by molar-refractivity contribution is 6.11. The van der Waals surface area contributed by atoms with Gasteiger partial charge in [0.25, 0.3) is 0 Å². The third-order valence-electron chi connectivity index (χ3n) is 5.04. The van der Waals surface area contributed by atoms with E-state index >= 15 is 0 Å². The van der Waals surface area contributed by atoms with Crippen LogP contribution in [0.15, 0.2) is 16.3 Å². The van der Waals surface area contributed by atoms with Crippen molar-refractivity contribution in [3.05, 3.63) is 11.3 Å². The maximum atomic E-state index is 12.8. The van der Waals surface area contributed by atoms with Gasteiger partial charge < -0.3 is 4.74 Å². The molecule has 0 aromatic rings. The van der Waals surface area contributed by atoms with Crippen molar-refractivity contribution in [2.45, 2.75) is 53.4 Å². The molecular formula is C18H25NO3. The van der Waals surface area contributed by atoms with E-state index in [1.54, 1.807) is 0 Å². The molecule has 1 aliphatic heterocycles. The molecule has 2 fully saturated rings. The Hall–Kier alpha value is -1.45. The number of nitrogens with zero attached hydrogens (tertiary/aromatic N) is 1. The Bertz CT molecular complexity index is 581. The van der Waals surface area contributed by atoms with E-state index in [0.29, 0.717) is 24.5 Å². The van der Waals surface area contributed by atoms with Crippen LogP contribution in [0.3, 0.4) is 0 Å². The molecule has 2 aliphatic carbocycles. The average Bonchev–Trinajstić information content (AvgIpc) is 3.19. The Morgan fingerprint density at radius 3 is 2.59 bits per heavy atom. The molecule has 0 saturated heterocycles. The first-order valence-corrected chi connectivity index (χ1v) is 8.32. The fourth-order valence-electron chi connectivity index (χ4n) is 4.09. The van der Waals surface area contributed by atoms with E-state index in [-0.39, 0.29) is 29.0 Å². The molecule has 0 radical (unpaired) electrons. The molecule has 0 N–H and O–H groups in total. The van der Waals surface area contributed by atoms with Gasteiger partial charge in [0.1, 0.15) is 5.78 Å². The van der Waals surface area contributed by atoms with E-state index in [2.05, 4.69) is 18.8 Å². The Kier molecular flexibility index (Phi) is 3.74. The summed E-state index contributed by atoms with van der Waals surface area (Å²) in [5.74, 6) is 0.215. The van der Waals surface area contributed by atoms with E-state index < -0.39 is 0 Å². The molecule has 4 heteroatoms. The van der Waals surface area contributed by atoms with E-state index in [1.807, 2.05) is 13.8 Å². The highest BCUT2D eigenvalue weighted by Crippen LogP contribution is 2.51. The van der Waals surface area contributed by atoms with Gasteiger partial charge in [0.05, 0.1) is 18.1 Å². The lowest BCUT2D eigenvalue weighted by molar-refractivity contribution is -0.139. The summed E-state index contributed by atoms with van der Waals surface area (Å²) in [7, 11) is 0. The van der Waals surface area contributed by atoms with Gasteiger partial charge in [0.15, 0.2) is 0 Å². The number of carbonyl (C=O) groups excluding carboxylic acids is 2. The summed E-state index contributed by atoms with van der Waals surface area (Å²) in [6.45, 7) is 8.29. The highest BCUT2D eigenvalue weighted by Gasteiger charge is 2.51. The normalized spacial score (nSPS) is 30.7. The largest absolute Gasteiger partial charge is 0.463 e. The number of aliphatic imine (C=N–C) groups is 1. The van der Waals surface area contributed by atoms with Crippen LogP contribution in [0.2, 0.25) is 0 Å². The average molecular weight is 303 g/mol. The van der Waals surface area contributed by atoms with Gasteiger partial charge in [-0.3, -0.25) is 9.79 Å². The van der Waals surface area contributed by atoms with Gasteiger partial charge in [-0.25, -0.2) is 4.79 Å². The molecule has 0 bridgehead atoms. The molecule has 4 nitrogen and oxygen atoms in total. The lowest BCUT2D eigenvalue weighted by atomic mass is 9.64. The summed E-state index contributed by atoms with van der Waals surface area (Å²) in [4.78, 5) is 29.8. The standard InChI is InChI=1S/C18H25NO3/c1-5-22-17(21)14-10(2)19-12-8-18(3,4)9-13(20)16(12)15(14)11-6-7-11/h11,15-16H,5-9H2,1-4H3. The second kappa shape index (κ2) is 5.32. The fourth-order valence-corrected chi connectivity index (χ4v) is 4.09. The molecule has 0 aromatic carbocycles. The van der Waals surface area contributed by atoms with Crippen molar-refractivity contribution in [1.29, 1.82) is 0 Å². The lowest BCUT2D eigenvalue weighted by Crippen LogP contribution is -2.45. The molecule has 3 aliphatic rings. The number of esters is 1. The Morgan fingerprint density at radius 2 is 2.00 bits per heavy atom. The molecule has 120 valence electrons.